The van der Waals surface area contributed by atoms with Gasteiger partial charge in [0.05, 0.1) is 11.1 Å². The number of nitrogens with zero attached hydrogens (tertiary/aromatic N) is 2. The first-order valence-electron chi connectivity index (χ1n) is 18.6. The van der Waals surface area contributed by atoms with Gasteiger partial charge < -0.3 is 4.42 Å². The Bertz CT molecular complexity index is 2900. The number of furan rings is 1. The quantitative estimate of drug-likeness (QED) is 0.166. The molecule has 2 aromatic heterocycles. The van der Waals surface area contributed by atoms with E-state index in [0.717, 1.165) is 66.6 Å². The number of para-hydroxylation sites is 1. The summed E-state index contributed by atoms with van der Waals surface area (Å²) >= 11 is 0. The molecule has 0 N–H and O–H groups in total. The SMILES string of the molecule is c1ccc(-c2cc(-c3ccccc3)cc(-c3cc(-c4ccccc4)cc(-c4cccc(-c5nc(-c6ccccc6)c6c(n5)oc5ccccc56)c4)c3)c2)cc1. The molecule has 0 spiro atoms. The summed E-state index contributed by atoms with van der Waals surface area (Å²) in [5.74, 6) is 0.620. The van der Waals surface area contributed by atoms with Crippen molar-refractivity contribution in [3.63, 3.8) is 0 Å². The van der Waals surface area contributed by atoms with Gasteiger partial charge in [0.15, 0.2) is 5.82 Å². The van der Waals surface area contributed by atoms with Crippen LogP contribution in [-0.4, -0.2) is 9.97 Å². The van der Waals surface area contributed by atoms with Gasteiger partial charge >= 0.3 is 0 Å². The van der Waals surface area contributed by atoms with E-state index in [9.17, 15) is 0 Å². The first-order valence-corrected chi connectivity index (χ1v) is 18.6. The van der Waals surface area contributed by atoms with Gasteiger partial charge in [-0.2, -0.15) is 4.98 Å². The fraction of sp³-hybridized carbons (Fsp3) is 0. The van der Waals surface area contributed by atoms with Crippen LogP contribution < -0.4 is 0 Å². The molecule has 10 aromatic rings. The van der Waals surface area contributed by atoms with Crippen molar-refractivity contribution >= 4 is 22.1 Å². The van der Waals surface area contributed by atoms with Crippen molar-refractivity contribution in [2.75, 3.05) is 0 Å². The van der Waals surface area contributed by atoms with Gasteiger partial charge in [0.25, 0.3) is 0 Å². The molecule has 258 valence electrons. The van der Waals surface area contributed by atoms with E-state index in [0.29, 0.717) is 11.5 Å². The maximum atomic E-state index is 6.35. The molecule has 0 saturated heterocycles. The zero-order chi connectivity index (χ0) is 36.6. The number of aromatic nitrogens is 2. The third-order valence-corrected chi connectivity index (χ3v) is 10.3. The van der Waals surface area contributed by atoms with Crippen LogP contribution in [0.4, 0.5) is 0 Å². The van der Waals surface area contributed by atoms with E-state index in [1.807, 2.05) is 36.4 Å². The molecule has 0 fully saturated rings. The highest BCUT2D eigenvalue weighted by Crippen LogP contribution is 2.39. The van der Waals surface area contributed by atoms with Gasteiger partial charge in [0.1, 0.15) is 5.58 Å². The number of fused-ring (bicyclic) bond motifs is 3. The van der Waals surface area contributed by atoms with E-state index in [-0.39, 0.29) is 0 Å². The Balaban J connectivity index is 1.15. The minimum absolute atomic E-state index is 0.580. The van der Waals surface area contributed by atoms with Crippen LogP contribution in [0.3, 0.4) is 0 Å². The normalized spacial score (nSPS) is 11.3. The van der Waals surface area contributed by atoms with E-state index in [2.05, 4.69) is 170 Å². The molecule has 0 aliphatic rings. The molecule has 0 unspecified atom stereocenters. The molecule has 0 saturated carbocycles. The van der Waals surface area contributed by atoms with Gasteiger partial charge in [-0.25, -0.2) is 4.98 Å². The number of hydrogen-bond donors (Lipinski definition) is 0. The van der Waals surface area contributed by atoms with Crippen molar-refractivity contribution in [3.8, 4) is 78.3 Å². The van der Waals surface area contributed by atoms with Crippen LogP contribution in [-0.2, 0) is 0 Å². The van der Waals surface area contributed by atoms with Crippen LogP contribution in [0.25, 0.3) is 100 Å². The molecule has 8 aromatic carbocycles. The molecule has 0 amide bonds. The molecule has 10 rings (SSSR count). The van der Waals surface area contributed by atoms with Gasteiger partial charge in [-0.15, -0.1) is 0 Å². The predicted molar refractivity (Wildman–Crippen MR) is 227 cm³/mol. The van der Waals surface area contributed by atoms with Crippen LogP contribution in [0.15, 0.2) is 211 Å². The van der Waals surface area contributed by atoms with Crippen molar-refractivity contribution in [1.82, 2.24) is 9.97 Å². The Morgan fingerprint density at radius 2 is 0.673 bits per heavy atom. The van der Waals surface area contributed by atoms with Crippen LogP contribution >= 0.6 is 0 Å². The minimum atomic E-state index is 0.580. The van der Waals surface area contributed by atoms with Crippen molar-refractivity contribution in [3.05, 3.63) is 206 Å². The average molecular weight is 703 g/mol. The van der Waals surface area contributed by atoms with Crippen molar-refractivity contribution in [2.45, 2.75) is 0 Å². The summed E-state index contributed by atoms with van der Waals surface area (Å²) < 4.78 is 6.35. The molecular weight excluding hydrogens is 669 g/mol. The van der Waals surface area contributed by atoms with E-state index in [1.165, 1.54) is 22.3 Å². The Labute approximate surface area is 319 Å². The van der Waals surface area contributed by atoms with E-state index < -0.39 is 0 Å². The van der Waals surface area contributed by atoms with Crippen molar-refractivity contribution < 1.29 is 4.42 Å². The van der Waals surface area contributed by atoms with Crippen molar-refractivity contribution in [2.24, 2.45) is 0 Å². The molecule has 2 heterocycles. The van der Waals surface area contributed by atoms with Crippen LogP contribution in [0.5, 0.6) is 0 Å². The highest BCUT2D eigenvalue weighted by atomic mass is 16.3. The standard InChI is InChI=1S/C52H34N2O/c1-5-16-35(17-6-1)41-29-42(36-18-7-2-8-19-36)32-45(31-41)46-33-43(37-20-9-3-10-21-37)30-44(34-46)39-24-15-25-40(28-39)51-53-50(38-22-11-4-12-23-38)49-47-26-13-14-27-48(47)55-52(49)54-51/h1-34H. The summed E-state index contributed by atoms with van der Waals surface area (Å²) in [4.78, 5) is 10.3. The molecule has 0 atom stereocenters. The lowest BCUT2D eigenvalue weighted by molar-refractivity contribution is 0.653. The lowest BCUT2D eigenvalue weighted by atomic mass is 9.89. The highest BCUT2D eigenvalue weighted by Gasteiger charge is 2.19. The molecular formula is C52H34N2O. The molecule has 0 aliphatic carbocycles. The number of rotatable bonds is 7. The Morgan fingerprint density at radius 1 is 0.291 bits per heavy atom. The van der Waals surface area contributed by atoms with Gasteiger partial charge in [0, 0.05) is 16.5 Å². The number of benzene rings is 8. The minimum Gasteiger partial charge on any atom is -0.438 e. The monoisotopic (exact) mass is 702 g/mol. The molecule has 3 heteroatoms. The Kier molecular flexibility index (Phi) is 8.16. The number of hydrogen-bond acceptors (Lipinski definition) is 3. The maximum absolute atomic E-state index is 6.35. The second-order valence-corrected chi connectivity index (χ2v) is 13.8. The van der Waals surface area contributed by atoms with Gasteiger partial charge in [-0.3, -0.25) is 0 Å². The van der Waals surface area contributed by atoms with Crippen LogP contribution in [0.2, 0.25) is 0 Å². The Hall–Kier alpha value is -7.36. The van der Waals surface area contributed by atoms with Gasteiger partial charge in [0.2, 0.25) is 5.71 Å². The Morgan fingerprint density at radius 3 is 1.20 bits per heavy atom. The fourth-order valence-electron chi connectivity index (χ4n) is 7.54. The summed E-state index contributed by atoms with van der Waals surface area (Å²) in [7, 11) is 0. The maximum Gasteiger partial charge on any atom is 0.231 e. The largest absolute Gasteiger partial charge is 0.438 e. The summed E-state index contributed by atoms with van der Waals surface area (Å²) in [5, 5.41) is 1.93. The molecule has 0 aliphatic heterocycles. The fourth-order valence-corrected chi connectivity index (χ4v) is 7.54. The van der Waals surface area contributed by atoms with E-state index in [1.54, 1.807) is 0 Å². The topological polar surface area (TPSA) is 38.9 Å². The van der Waals surface area contributed by atoms with E-state index in [4.69, 9.17) is 14.4 Å². The lowest BCUT2D eigenvalue weighted by Gasteiger charge is -2.15. The summed E-state index contributed by atoms with van der Waals surface area (Å²) in [5.41, 5.74) is 15.7. The first-order chi connectivity index (χ1) is 27.2. The third-order valence-electron chi connectivity index (χ3n) is 10.3. The van der Waals surface area contributed by atoms with Crippen LogP contribution in [0.1, 0.15) is 0 Å². The van der Waals surface area contributed by atoms with Gasteiger partial charge in [-0.1, -0.05) is 158 Å². The molecule has 0 radical (unpaired) electrons. The smallest absolute Gasteiger partial charge is 0.231 e. The zero-order valence-corrected chi connectivity index (χ0v) is 29.9. The first kappa shape index (κ1) is 32.3. The van der Waals surface area contributed by atoms with E-state index >= 15 is 0 Å². The molecule has 0 bridgehead atoms. The average Bonchev–Trinajstić information content (AvgIpc) is 3.66. The molecule has 55 heavy (non-hydrogen) atoms. The van der Waals surface area contributed by atoms with Gasteiger partial charge in [-0.05, 0) is 104 Å². The van der Waals surface area contributed by atoms with Crippen molar-refractivity contribution in [1.29, 1.82) is 0 Å². The summed E-state index contributed by atoms with van der Waals surface area (Å²) in [6, 6.07) is 72.6. The molecule has 3 nitrogen and oxygen atoms in total. The predicted octanol–water partition coefficient (Wildman–Crippen LogP) is 14.0. The summed E-state index contributed by atoms with van der Waals surface area (Å²) in [6.07, 6.45) is 0. The second kappa shape index (κ2) is 13.9. The third kappa shape index (κ3) is 6.28. The zero-order valence-electron chi connectivity index (χ0n) is 29.9. The highest BCUT2D eigenvalue weighted by molar-refractivity contribution is 6.10. The summed E-state index contributed by atoms with van der Waals surface area (Å²) in [6.45, 7) is 0. The second-order valence-electron chi connectivity index (χ2n) is 13.8. The lowest BCUT2D eigenvalue weighted by Crippen LogP contribution is -1.94. The van der Waals surface area contributed by atoms with Crippen LogP contribution in [0, 0.1) is 0 Å².